The highest BCUT2D eigenvalue weighted by Crippen LogP contribution is 2.35. The van der Waals surface area contributed by atoms with Gasteiger partial charge in [-0.25, -0.2) is 14.4 Å². The molecule has 0 atom stereocenters. The van der Waals surface area contributed by atoms with Crippen molar-refractivity contribution in [2.24, 2.45) is 0 Å². The first-order chi connectivity index (χ1) is 20.1. The van der Waals surface area contributed by atoms with Gasteiger partial charge in [0.15, 0.2) is 11.6 Å². The van der Waals surface area contributed by atoms with Crippen LogP contribution in [0.4, 0.5) is 16.0 Å². The summed E-state index contributed by atoms with van der Waals surface area (Å²) in [6.07, 6.45) is 4.92. The number of rotatable bonds is 14. The van der Waals surface area contributed by atoms with Crippen molar-refractivity contribution >= 4 is 35.2 Å². The number of benzene rings is 2. The zero-order chi connectivity index (χ0) is 28.4. The lowest BCUT2D eigenvalue weighted by Gasteiger charge is -2.39. The first-order valence-corrected chi connectivity index (χ1v) is 14.3. The number of anilines is 2. The van der Waals surface area contributed by atoms with E-state index in [4.69, 9.17) is 25.8 Å². The number of nitrogens with zero attached hydrogens (tertiary/aromatic N) is 4. The van der Waals surface area contributed by atoms with E-state index in [1.165, 1.54) is 18.0 Å². The van der Waals surface area contributed by atoms with Gasteiger partial charge in [0.1, 0.15) is 5.75 Å². The predicted molar refractivity (Wildman–Crippen MR) is 159 cm³/mol. The highest BCUT2D eigenvalue weighted by molar-refractivity contribution is 8.00. The molecule has 0 unspecified atom stereocenters. The summed E-state index contributed by atoms with van der Waals surface area (Å²) in [5, 5.41) is 4.00. The van der Waals surface area contributed by atoms with Gasteiger partial charge in [0.2, 0.25) is 5.95 Å². The minimum atomic E-state index is -0.513. The largest absolute Gasteiger partial charge is 0.453 e. The van der Waals surface area contributed by atoms with Crippen LogP contribution in [0.25, 0.3) is 11.3 Å². The molecule has 0 saturated carbocycles. The van der Waals surface area contributed by atoms with E-state index in [1.807, 2.05) is 18.2 Å². The maximum absolute atomic E-state index is 15.0. The topological polar surface area (TPSA) is 93.7 Å². The molecule has 2 N–H and O–H groups in total. The summed E-state index contributed by atoms with van der Waals surface area (Å²) in [4.78, 5) is 16.4. The van der Waals surface area contributed by atoms with E-state index in [9.17, 15) is 0 Å². The number of nitrogens with one attached hydrogen (secondary N) is 2. The third kappa shape index (κ3) is 8.05. The van der Waals surface area contributed by atoms with Crippen LogP contribution in [0.3, 0.4) is 0 Å². The van der Waals surface area contributed by atoms with Crippen molar-refractivity contribution in [2.75, 3.05) is 56.6 Å². The van der Waals surface area contributed by atoms with Crippen LogP contribution in [-0.4, -0.2) is 72.5 Å². The van der Waals surface area contributed by atoms with E-state index < -0.39 is 5.82 Å². The fourth-order valence-electron chi connectivity index (χ4n) is 4.11. The van der Waals surface area contributed by atoms with E-state index in [1.54, 1.807) is 56.0 Å². The summed E-state index contributed by atoms with van der Waals surface area (Å²) < 4.78 is 34.6. The average Bonchev–Trinajstić information content (AvgIpc) is 2.97. The van der Waals surface area contributed by atoms with Crippen molar-refractivity contribution in [2.45, 2.75) is 10.9 Å². The molecule has 5 rings (SSSR count). The SMILES string of the molecule is COCCOCCN1CC(Nc2nccc(-c3cnccc3Oc3ccc(NSc4ccccc4Cl)cc3F)n2)C1. The van der Waals surface area contributed by atoms with Gasteiger partial charge in [0.05, 0.1) is 42.1 Å². The van der Waals surface area contributed by atoms with Gasteiger partial charge in [0, 0.05) is 62.0 Å². The lowest BCUT2D eigenvalue weighted by molar-refractivity contribution is 0.0436. The molecule has 0 aliphatic carbocycles. The van der Waals surface area contributed by atoms with Crippen LogP contribution in [-0.2, 0) is 9.47 Å². The number of aromatic nitrogens is 3. The van der Waals surface area contributed by atoms with Gasteiger partial charge in [-0.1, -0.05) is 23.7 Å². The van der Waals surface area contributed by atoms with Gasteiger partial charge in [-0.3, -0.25) is 9.88 Å². The Morgan fingerprint density at radius 3 is 2.76 bits per heavy atom. The van der Waals surface area contributed by atoms with Crippen molar-refractivity contribution in [1.29, 1.82) is 0 Å². The Labute approximate surface area is 247 Å². The normalized spacial score (nSPS) is 13.5. The first kappa shape index (κ1) is 29.0. The summed E-state index contributed by atoms with van der Waals surface area (Å²) in [6, 6.07) is 15.8. The second-order valence-corrected chi connectivity index (χ2v) is 10.5. The van der Waals surface area contributed by atoms with Crippen LogP contribution >= 0.6 is 23.5 Å². The summed E-state index contributed by atoms with van der Waals surface area (Å²) >= 11 is 7.51. The number of ether oxygens (including phenoxy) is 3. The molecule has 214 valence electrons. The maximum Gasteiger partial charge on any atom is 0.223 e. The van der Waals surface area contributed by atoms with Gasteiger partial charge in [0.25, 0.3) is 0 Å². The summed E-state index contributed by atoms with van der Waals surface area (Å²) in [7, 11) is 1.66. The molecule has 1 aliphatic heterocycles. The lowest BCUT2D eigenvalue weighted by Crippen LogP contribution is -2.55. The van der Waals surface area contributed by atoms with Crippen molar-refractivity contribution in [1.82, 2.24) is 19.9 Å². The van der Waals surface area contributed by atoms with Gasteiger partial charge < -0.3 is 24.2 Å². The van der Waals surface area contributed by atoms with Crippen LogP contribution in [0, 0.1) is 5.82 Å². The standard InChI is InChI=1S/C29H30ClFN6O3S/c1-38-14-15-39-13-12-37-18-21(19-37)34-29-33-11-8-25(35-29)22-17-32-10-9-26(22)40-27-7-6-20(16-24(27)31)36-41-28-5-3-2-4-23(28)30/h2-11,16-17,21,36H,12-15,18-19H2,1H3,(H,33,34,35). The Bertz CT molecular complexity index is 1450. The molecule has 4 aromatic rings. The molecule has 9 nitrogen and oxygen atoms in total. The minimum Gasteiger partial charge on any atom is -0.453 e. The molecule has 1 saturated heterocycles. The number of likely N-dealkylation sites (tertiary alicyclic amines) is 1. The Hall–Kier alpha value is -3.48. The zero-order valence-corrected chi connectivity index (χ0v) is 24.0. The van der Waals surface area contributed by atoms with Crippen molar-refractivity contribution in [3.05, 3.63) is 84.0 Å². The molecule has 0 spiro atoms. The maximum atomic E-state index is 15.0. The van der Waals surface area contributed by atoms with Crippen molar-refractivity contribution in [3.8, 4) is 22.8 Å². The number of pyridine rings is 1. The average molecular weight is 597 g/mol. The van der Waals surface area contributed by atoms with Gasteiger partial charge in [-0.05, 0) is 48.3 Å². The summed E-state index contributed by atoms with van der Waals surface area (Å²) in [6.45, 7) is 4.50. The Morgan fingerprint density at radius 1 is 1.05 bits per heavy atom. The molecular weight excluding hydrogens is 567 g/mol. The van der Waals surface area contributed by atoms with Crippen LogP contribution in [0.1, 0.15) is 0 Å². The van der Waals surface area contributed by atoms with E-state index in [2.05, 4.69) is 29.9 Å². The third-order valence-electron chi connectivity index (χ3n) is 6.25. The molecule has 0 bridgehead atoms. The Balaban J connectivity index is 1.19. The van der Waals surface area contributed by atoms with Gasteiger partial charge in [-0.15, -0.1) is 0 Å². The minimum absolute atomic E-state index is 0.0823. The Morgan fingerprint density at radius 2 is 1.93 bits per heavy atom. The van der Waals surface area contributed by atoms with Crippen LogP contribution in [0.2, 0.25) is 5.02 Å². The number of hydrogen-bond donors (Lipinski definition) is 2. The van der Waals surface area contributed by atoms with Crippen LogP contribution in [0.5, 0.6) is 11.5 Å². The first-order valence-electron chi connectivity index (χ1n) is 13.1. The molecule has 3 heterocycles. The van der Waals surface area contributed by atoms with E-state index >= 15 is 4.39 Å². The molecular formula is C29H30ClFN6O3S. The highest BCUT2D eigenvalue weighted by atomic mass is 35.5. The molecule has 2 aromatic carbocycles. The van der Waals surface area contributed by atoms with Gasteiger partial charge in [-0.2, -0.15) is 0 Å². The van der Waals surface area contributed by atoms with Crippen molar-refractivity contribution in [3.63, 3.8) is 0 Å². The molecule has 2 aromatic heterocycles. The lowest BCUT2D eigenvalue weighted by atomic mass is 10.1. The second kappa shape index (κ2) is 14.4. The van der Waals surface area contributed by atoms with E-state index in [-0.39, 0.29) is 11.8 Å². The van der Waals surface area contributed by atoms with Gasteiger partial charge >= 0.3 is 0 Å². The fraction of sp³-hybridized carbons (Fsp3) is 0.276. The fourth-order valence-corrected chi connectivity index (χ4v) is 5.03. The van der Waals surface area contributed by atoms with Crippen LogP contribution < -0.4 is 14.8 Å². The van der Waals surface area contributed by atoms with E-state index in [0.29, 0.717) is 53.5 Å². The number of methoxy groups -OCH3 is 1. The van der Waals surface area contributed by atoms with E-state index in [0.717, 1.165) is 24.5 Å². The quantitative estimate of drug-likeness (QED) is 0.133. The second-order valence-electron chi connectivity index (χ2n) is 9.23. The van der Waals surface area contributed by atoms with Crippen LogP contribution in [0.15, 0.2) is 78.1 Å². The smallest absolute Gasteiger partial charge is 0.223 e. The number of hydrogen-bond acceptors (Lipinski definition) is 10. The molecule has 1 aliphatic rings. The highest BCUT2D eigenvalue weighted by Gasteiger charge is 2.26. The molecule has 0 amide bonds. The monoisotopic (exact) mass is 596 g/mol. The molecule has 0 radical (unpaired) electrons. The predicted octanol–water partition coefficient (Wildman–Crippen LogP) is 6.00. The Kier molecular flexibility index (Phi) is 10.2. The molecule has 41 heavy (non-hydrogen) atoms. The zero-order valence-electron chi connectivity index (χ0n) is 22.4. The summed E-state index contributed by atoms with van der Waals surface area (Å²) in [5.74, 6) is 0.508. The molecule has 12 heteroatoms. The van der Waals surface area contributed by atoms with Crippen molar-refractivity contribution < 1.29 is 18.6 Å². The molecule has 1 fully saturated rings. The third-order valence-corrected chi connectivity index (χ3v) is 7.61. The summed E-state index contributed by atoms with van der Waals surface area (Å²) in [5.41, 5.74) is 1.81. The number of halogens is 2.